The molecule has 0 aliphatic heterocycles. The van der Waals surface area contributed by atoms with Gasteiger partial charge in [-0.15, -0.1) is 0 Å². The average Bonchev–Trinajstić information content (AvgIpc) is 2.26. The van der Waals surface area contributed by atoms with E-state index in [1.807, 2.05) is 13.0 Å². The Kier molecular flexibility index (Phi) is 5.33. The molecule has 114 valence electrons. The van der Waals surface area contributed by atoms with Crippen LogP contribution in [0.25, 0.3) is 0 Å². The lowest BCUT2D eigenvalue weighted by Gasteiger charge is -2.34. The molecule has 0 fully saturated rings. The molecule has 0 bridgehead atoms. The second kappa shape index (κ2) is 6.22. The van der Waals surface area contributed by atoms with Crippen LogP contribution in [0.3, 0.4) is 0 Å². The number of hydrogen-bond acceptors (Lipinski definition) is 3. The Morgan fingerprint density at radius 1 is 1.30 bits per heavy atom. The van der Waals surface area contributed by atoms with Crippen LogP contribution in [0, 0.1) is 12.7 Å². The second-order valence-electron chi connectivity index (χ2n) is 5.82. The van der Waals surface area contributed by atoms with Gasteiger partial charge in [0.05, 0.1) is 10.8 Å². The van der Waals surface area contributed by atoms with Gasteiger partial charge in [0, 0.05) is 6.26 Å². The number of benzene rings is 1. The first-order valence-corrected chi connectivity index (χ1v) is 8.68. The molecule has 1 unspecified atom stereocenters. The molecular formula is C15H24FNO2S. The predicted octanol–water partition coefficient (Wildman–Crippen LogP) is 3.00. The third kappa shape index (κ3) is 3.79. The van der Waals surface area contributed by atoms with Crippen molar-refractivity contribution < 1.29 is 12.8 Å². The number of sulfone groups is 1. The summed E-state index contributed by atoms with van der Waals surface area (Å²) < 4.78 is 36.7. The minimum Gasteiger partial charge on any atom is -0.309 e. The monoisotopic (exact) mass is 301 g/mol. The molecule has 1 rings (SSSR count). The molecule has 0 aliphatic carbocycles. The molecule has 1 N–H and O–H groups in total. The molecular weight excluding hydrogens is 277 g/mol. The van der Waals surface area contributed by atoms with Crippen molar-refractivity contribution in [2.45, 2.75) is 44.9 Å². The molecule has 0 heterocycles. The molecule has 0 saturated heterocycles. The number of aryl methyl sites for hydroxylation is 1. The molecule has 1 atom stereocenters. The Bertz CT molecular complexity index is 547. The number of hydrogen-bond donors (Lipinski definition) is 1. The van der Waals surface area contributed by atoms with Crippen molar-refractivity contribution in [3.63, 3.8) is 0 Å². The van der Waals surface area contributed by atoms with Gasteiger partial charge in [-0.05, 0) is 57.0 Å². The van der Waals surface area contributed by atoms with E-state index in [0.29, 0.717) is 12.1 Å². The van der Waals surface area contributed by atoms with Crippen LogP contribution in [0.15, 0.2) is 18.2 Å². The van der Waals surface area contributed by atoms with Gasteiger partial charge in [-0.3, -0.25) is 0 Å². The van der Waals surface area contributed by atoms with Gasteiger partial charge in [0.25, 0.3) is 0 Å². The van der Waals surface area contributed by atoms with Crippen LogP contribution >= 0.6 is 0 Å². The van der Waals surface area contributed by atoms with Gasteiger partial charge in [-0.1, -0.05) is 13.0 Å². The molecule has 5 heteroatoms. The molecule has 0 spiro atoms. The summed E-state index contributed by atoms with van der Waals surface area (Å²) in [6.45, 7) is 7.84. The molecule has 1 aromatic carbocycles. The zero-order chi connectivity index (χ0) is 15.6. The number of rotatable bonds is 6. The lowest BCUT2D eigenvalue weighted by molar-refractivity contribution is 0.418. The van der Waals surface area contributed by atoms with Gasteiger partial charge in [-0.25, -0.2) is 12.8 Å². The van der Waals surface area contributed by atoms with Crippen LogP contribution in [0.2, 0.25) is 0 Å². The lowest BCUT2D eigenvalue weighted by Crippen LogP contribution is -2.45. The van der Waals surface area contributed by atoms with Gasteiger partial charge in [0.2, 0.25) is 0 Å². The van der Waals surface area contributed by atoms with Crippen molar-refractivity contribution in [3.8, 4) is 0 Å². The summed E-state index contributed by atoms with van der Waals surface area (Å²) in [5.74, 6) is -0.340. The van der Waals surface area contributed by atoms with E-state index in [2.05, 4.69) is 5.32 Å². The van der Waals surface area contributed by atoms with Crippen LogP contribution in [0.5, 0.6) is 0 Å². The van der Waals surface area contributed by atoms with Crippen LogP contribution in [0.1, 0.15) is 44.4 Å². The summed E-state index contributed by atoms with van der Waals surface area (Å²) in [6.07, 6.45) is 2.10. The largest absolute Gasteiger partial charge is 0.309 e. The van der Waals surface area contributed by atoms with Crippen molar-refractivity contribution >= 4 is 9.84 Å². The number of nitrogens with one attached hydrogen (secondary N) is 1. The zero-order valence-corrected chi connectivity index (χ0v) is 13.6. The third-order valence-electron chi connectivity index (χ3n) is 3.65. The van der Waals surface area contributed by atoms with E-state index in [9.17, 15) is 12.8 Å². The van der Waals surface area contributed by atoms with E-state index in [1.165, 1.54) is 18.4 Å². The first kappa shape index (κ1) is 17.1. The van der Waals surface area contributed by atoms with Crippen LogP contribution < -0.4 is 5.32 Å². The minimum atomic E-state index is -3.29. The fraction of sp³-hybridized carbons (Fsp3) is 0.600. The summed E-state index contributed by atoms with van der Waals surface area (Å²) in [6, 6.07) is 4.25. The van der Waals surface area contributed by atoms with Crippen molar-refractivity contribution in [1.82, 2.24) is 5.32 Å². The molecule has 3 nitrogen and oxygen atoms in total. The SMILES string of the molecule is CCCNC(c1cc(C)cc(F)c1)C(C)(C)S(C)(=O)=O. The maximum atomic E-state index is 13.6. The van der Waals surface area contributed by atoms with Crippen LogP contribution in [0.4, 0.5) is 4.39 Å². The Balaban J connectivity index is 3.32. The highest BCUT2D eigenvalue weighted by Crippen LogP contribution is 2.33. The van der Waals surface area contributed by atoms with E-state index in [0.717, 1.165) is 12.0 Å². The van der Waals surface area contributed by atoms with Gasteiger partial charge in [-0.2, -0.15) is 0 Å². The first-order valence-electron chi connectivity index (χ1n) is 6.79. The fourth-order valence-corrected chi connectivity index (χ4v) is 2.85. The van der Waals surface area contributed by atoms with Gasteiger partial charge >= 0.3 is 0 Å². The maximum absolute atomic E-state index is 13.6. The average molecular weight is 301 g/mol. The van der Waals surface area contributed by atoms with Crippen molar-refractivity contribution in [2.24, 2.45) is 0 Å². The lowest BCUT2D eigenvalue weighted by atomic mass is 9.93. The Morgan fingerprint density at radius 2 is 1.90 bits per heavy atom. The molecule has 0 saturated carbocycles. The highest BCUT2D eigenvalue weighted by molar-refractivity contribution is 7.92. The van der Waals surface area contributed by atoms with E-state index >= 15 is 0 Å². The smallest absolute Gasteiger partial charge is 0.154 e. The van der Waals surface area contributed by atoms with Crippen molar-refractivity contribution in [1.29, 1.82) is 0 Å². The zero-order valence-electron chi connectivity index (χ0n) is 12.8. The topological polar surface area (TPSA) is 46.2 Å². The molecule has 1 aromatic rings. The van der Waals surface area contributed by atoms with Crippen LogP contribution in [-0.2, 0) is 9.84 Å². The second-order valence-corrected chi connectivity index (χ2v) is 8.42. The summed E-state index contributed by atoms with van der Waals surface area (Å²) in [7, 11) is -3.29. The summed E-state index contributed by atoms with van der Waals surface area (Å²) in [4.78, 5) is 0. The van der Waals surface area contributed by atoms with E-state index in [1.54, 1.807) is 20.8 Å². The molecule has 0 radical (unpaired) electrons. The third-order valence-corrected chi connectivity index (χ3v) is 5.79. The normalized spacial score (nSPS) is 14.3. The van der Waals surface area contributed by atoms with Gasteiger partial charge < -0.3 is 5.32 Å². The summed E-state index contributed by atoms with van der Waals surface area (Å²) in [5, 5.41) is 3.24. The molecule has 0 aromatic heterocycles. The molecule has 0 amide bonds. The van der Waals surface area contributed by atoms with Crippen LogP contribution in [-0.4, -0.2) is 26.0 Å². The highest BCUT2D eigenvalue weighted by Gasteiger charge is 2.39. The minimum absolute atomic E-state index is 0.340. The fourth-order valence-electron chi connectivity index (χ4n) is 2.20. The first-order chi connectivity index (χ1) is 9.09. The molecule has 20 heavy (non-hydrogen) atoms. The van der Waals surface area contributed by atoms with Gasteiger partial charge in [0.15, 0.2) is 9.84 Å². The van der Waals surface area contributed by atoms with E-state index in [4.69, 9.17) is 0 Å². The molecule has 0 aliphatic rings. The summed E-state index contributed by atoms with van der Waals surface area (Å²) >= 11 is 0. The number of halogens is 1. The standard InChI is InChI=1S/C15H24FNO2S/c1-6-7-17-14(15(3,4)20(5,18)19)12-8-11(2)9-13(16)10-12/h8-10,14,17H,6-7H2,1-5H3. The summed E-state index contributed by atoms with van der Waals surface area (Å²) in [5.41, 5.74) is 1.46. The van der Waals surface area contributed by atoms with Gasteiger partial charge in [0.1, 0.15) is 5.82 Å². The van der Waals surface area contributed by atoms with Crippen molar-refractivity contribution in [2.75, 3.05) is 12.8 Å². The van der Waals surface area contributed by atoms with E-state index in [-0.39, 0.29) is 5.82 Å². The Morgan fingerprint density at radius 3 is 2.35 bits per heavy atom. The van der Waals surface area contributed by atoms with Crippen molar-refractivity contribution in [3.05, 3.63) is 35.1 Å². The predicted molar refractivity (Wildman–Crippen MR) is 81.1 cm³/mol. The Hall–Kier alpha value is -0.940. The Labute approximate surface area is 121 Å². The van der Waals surface area contributed by atoms with E-state index < -0.39 is 20.6 Å². The quantitative estimate of drug-likeness (QED) is 0.878. The highest BCUT2D eigenvalue weighted by atomic mass is 32.2. The maximum Gasteiger partial charge on any atom is 0.154 e.